The van der Waals surface area contributed by atoms with Crippen LogP contribution in [0.4, 0.5) is 13.2 Å². The number of rotatable bonds is 3. The highest BCUT2D eigenvalue weighted by Crippen LogP contribution is 2.30. The van der Waals surface area contributed by atoms with Gasteiger partial charge >= 0.3 is 6.18 Å². The van der Waals surface area contributed by atoms with E-state index in [1.165, 1.54) is 18.3 Å². The number of hydrogen-bond acceptors (Lipinski definition) is 2. The van der Waals surface area contributed by atoms with Gasteiger partial charge in [-0.2, -0.15) is 18.3 Å². The fraction of sp³-hybridized carbons (Fsp3) is 0.308. The lowest BCUT2D eigenvalue weighted by atomic mass is 10.0. The fourth-order valence-electron chi connectivity index (χ4n) is 1.74. The Labute approximate surface area is 108 Å². The maximum Gasteiger partial charge on any atom is 0.416 e. The lowest BCUT2D eigenvalue weighted by Gasteiger charge is -2.11. The quantitative estimate of drug-likeness (QED) is 0.931. The first-order valence-corrected chi connectivity index (χ1v) is 5.79. The molecular formula is C13H13F3N2O. The van der Waals surface area contributed by atoms with Crippen LogP contribution in [0, 0.1) is 0 Å². The molecule has 3 nitrogen and oxygen atoms in total. The lowest BCUT2D eigenvalue weighted by Crippen LogP contribution is -2.05. The Hall–Kier alpha value is -1.82. The second-order valence-electron chi connectivity index (χ2n) is 4.15. The Morgan fingerprint density at radius 3 is 2.32 bits per heavy atom. The number of aliphatic hydroxyl groups is 1. The zero-order valence-corrected chi connectivity index (χ0v) is 10.2. The largest absolute Gasteiger partial charge is 0.416 e. The van der Waals surface area contributed by atoms with E-state index < -0.39 is 17.8 Å². The predicted octanol–water partition coefficient (Wildman–Crippen LogP) is 3.00. The van der Waals surface area contributed by atoms with Crippen molar-refractivity contribution in [2.24, 2.45) is 0 Å². The fourth-order valence-corrected chi connectivity index (χ4v) is 1.74. The maximum atomic E-state index is 12.4. The van der Waals surface area contributed by atoms with Crippen LogP contribution in [0.5, 0.6) is 0 Å². The molecule has 0 amide bonds. The highest BCUT2D eigenvalue weighted by atomic mass is 19.4. The van der Waals surface area contributed by atoms with Gasteiger partial charge in [0.25, 0.3) is 0 Å². The van der Waals surface area contributed by atoms with Gasteiger partial charge in [-0.25, -0.2) is 0 Å². The van der Waals surface area contributed by atoms with Crippen molar-refractivity contribution >= 4 is 0 Å². The molecule has 1 unspecified atom stereocenters. The summed E-state index contributed by atoms with van der Waals surface area (Å²) in [6, 6.07) is 4.47. The Kier molecular flexibility index (Phi) is 3.61. The van der Waals surface area contributed by atoms with Gasteiger partial charge in [-0.1, -0.05) is 12.1 Å². The molecule has 1 heterocycles. The van der Waals surface area contributed by atoms with E-state index in [0.717, 1.165) is 12.1 Å². The molecule has 0 saturated heterocycles. The molecule has 1 aromatic carbocycles. The zero-order valence-electron chi connectivity index (χ0n) is 10.2. The van der Waals surface area contributed by atoms with Crippen molar-refractivity contribution in [3.63, 3.8) is 0 Å². The van der Waals surface area contributed by atoms with Gasteiger partial charge < -0.3 is 5.11 Å². The topological polar surface area (TPSA) is 38.0 Å². The third-order valence-electron chi connectivity index (χ3n) is 2.85. The molecule has 0 spiro atoms. The van der Waals surface area contributed by atoms with Crippen molar-refractivity contribution < 1.29 is 18.3 Å². The number of benzene rings is 1. The monoisotopic (exact) mass is 270 g/mol. The molecule has 102 valence electrons. The van der Waals surface area contributed by atoms with Crippen LogP contribution in [0.3, 0.4) is 0 Å². The van der Waals surface area contributed by atoms with Gasteiger partial charge in [-0.15, -0.1) is 0 Å². The number of aryl methyl sites for hydroxylation is 1. The summed E-state index contributed by atoms with van der Waals surface area (Å²) in [6.07, 6.45) is -2.16. The summed E-state index contributed by atoms with van der Waals surface area (Å²) in [5.74, 6) is 0. The van der Waals surface area contributed by atoms with E-state index in [1.54, 1.807) is 10.9 Å². The highest BCUT2D eigenvalue weighted by molar-refractivity contribution is 5.30. The van der Waals surface area contributed by atoms with Crippen LogP contribution in [0.1, 0.15) is 29.7 Å². The van der Waals surface area contributed by atoms with Gasteiger partial charge in [0.05, 0.1) is 11.8 Å². The predicted molar refractivity (Wildman–Crippen MR) is 63.4 cm³/mol. The number of alkyl halides is 3. The van der Waals surface area contributed by atoms with E-state index in [-0.39, 0.29) is 0 Å². The molecular weight excluding hydrogens is 257 g/mol. The summed E-state index contributed by atoms with van der Waals surface area (Å²) in [5.41, 5.74) is 0.234. The number of aliphatic hydroxyl groups excluding tert-OH is 1. The van der Waals surface area contributed by atoms with Crippen molar-refractivity contribution in [3.8, 4) is 0 Å². The van der Waals surface area contributed by atoms with Crippen molar-refractivity contribution in [1.82, 2.24) is 9.78 Å². The van der Waals surface area contributed by atoms with Crippen LogP contribution >= 0.6 is 0 Å². The third-order valence-corrected chi connectivity index (χ3v) is 2.85. The van der Waals surface area contributed by atoms with E-state index in [0.29, 0.717) is 17.7 Å². The molecule has 0 saturated carbocycles. The Bertz CT molecular complexity index is 546. The van der Waals surface area contributed by atoms with Crippen LogP contribution in [-0.4, -0.2) is 14.9 Å². The van der Waals surface area contributed by atoms with E-state index >= 15 is 0 Å². The van der Waals surface area contributed by atoms with E-state index in [1.807, 2.05) is 6.92 Å². The molecule has 0 aliphatic rings. The van der Waals surface area contributed by atoms with Gasteiger partial charge in [0.15, 0.2) is 0 Å². The molecule has 0 radical (unpaired) electrons. The van der Waals surface area contributed by atoms with Crippen LogP contribution in [0.2, 0.25) is 0 Å². The second-order valence-corrected chi connectivity index (χ2v) is 4.15. The van der Waals surface area contributed by atoms with Crippen molar-refractivity contribution in [2.45, 2.75) is 25.7 Å². The van der Waals surface area contributed by atoms with Crippen LogP contribution in [0.15, 0.2) is 36.7 Å². The smallest absolute Gasteiger partial charge is 0.384 e. The molecule has 0 aliphatic carbocycles. The molecule has 0 bridgehead atoms. The van der Waals surface area contributed by atoms with Crippen molar-refractivity contribution in [3.05, 3.63) is 53.3 Å². The summed E-state index contributed by atoms with van der Waals surface area (Å²) < 4.78 is 38.9. The van der Waals surface area contributed by atoms with Crippen LogP contribution < -0.4 is 0 Å². The first-order chi connectivity index (χ1) is 8.91. The Morgan fingerprint density at radius 2 is 1.84 bits per heavy atom. The number of nitrogens with zero attached hydrogens (tertiary/aromatic N) is 2. The number of hydrogen-bond donors (Lipinski definition) is 1. The first-order valence-electron chi connectivity index (χ1n) is 5.79. The average molecular weight is 270 g/mol. The van der Waals surface area contributed by atoms with Crippen molar-refractivity contribution in [2.75, 3.05) is 0 Å². The summed E-state index contributed by atoms with van der Waals surface area (Å²) in [7, 11) is 0. The van der Waals surface area contributed by atoms with Gasteiger partial charge in [0.1, 0.15) is 6.10 Å². The summed E-state index contributed by atoms with van der Waals surface area (Å²) in [5, 5.41) is 14.1. The molecule has 2 aromatic rings. The summed E-state index contributed by atoms with van der Waals surface area (Å²) in [4.78, 5) is 0. The Morgan fingerprint density at radius 1 is 1.21 bits per heavy atom. The zero-order chi connectivity index (χ0) is 14.0. The summed E-state index contributed by atoms with van der Waals surface area (Å²) >= 11 is 0. The lowest BCUT2D eigenvalue weighted by molar-refractivity contribution is -0.137. The molecule has 1 N–H and O–H groups in total. The third kappa shape index (κ3) is 2.96. The van der Waals surface area contributed by atoms with Gasteiger partial charge in [-0.05, 0) is 24.6 Å². The highest BCUT2D eigenvalue weighted by Gasteiger charge is 2.30. The van der Waals surface area contributed by atoms with Gasteiger partial charge in [0.2, 0.25) is 0 Å². The number of halogens is 3. The van der Waals surface area contributed by atoms with E-state index in [9.17, 15) is 18.3 Å². The first kappa shape index (κ1) is 13.6. The van der Waals surface area contributed by atoms with E-state index in [2.05, 4.69) is 5.10 Å². The SMILES string of the molecule is CCn1cc(C(O)c2ccc(C(F)(F)F)cc2)cn1. The number of aromatic nitrogens is 2. The summed E-state index contributed by atoms with van der Waals surface area (Å²) in [6.45, 7) is 2.57. The van der Waals surface area contributed by atoms with Gasteiger partial charge in [0, 0.05) is 18.3 Å². The maximum absolute atomic E-state index is 12.4. The molecule has 19 heavy (non-hydrogen) atoms. The van der Waals surface area contributed by atoms with Crippen LogP contribution in [0.25, 0.3) is 0 Å². The molecule has 6 heteroatoms. The molecule has 1 aromatic heterocycles. The minimum Gasteiger partial charge on any atom is -0.384 e. The minimum atomic E-state index is -4.36. The van der Waals surface area contributed by atoms with Crippen molar-refractivity contribution in [1.29, 1.82) is 0 Å². The average Bonchev–Trinajstić information content (AvgIpc) is 2.86. The normalized spacial score (nSPS) is 13.5. The minimum absolute atomic E-state index is 0.406. The molecule has 0 fully saturated rings. The molecule has 2 rings (SSSR count). The van der Waals surface area contributed by atoms with Gasteiger partial charge in [-0.3, -0.25) is 4.68 Å². The van der Waals surface area contributed by atoms with Crippen LogP contribution in [-0.2, 0) is 12.7 Å². The molecule has 0 aliphatic heterocycles. The second kappa shape index (κ2) is 5.05. The van der Waals surface area contributed by atoms with E-state index in [4.69, 9.17) is 0 Å². The Balaban J connectivity index is 2.22. The standard InChI is InChI=1S/C13H13F3N2O/c1-2-18-8-10(7-17-18)12(19)9-3-5-11(6-4-9)13(14,15)16/h3-8,12,19H,2H2,1H3. The molecule has 1 atom stereocenters.